The van der Waals surface area contributed by atoms with Crippen LogP contribution in [-0.4, -0.2) is 14.9 Å². The van der Waals surface area contributed by atoms with Gasteiger partial charge in [-0.1, -0.05) is 33.6 Å². The fraction of sp³-hybridized carbons (Fsp3) is 0.0625. The highest BCUT2D eigenvalue weighted by Gasteiger charge is 2.23. The highest BCUT2D eigenvalue weighted by Crippen LogP contribution is 2.17. The maximum Gasteiger partial charge on any atom is 0.406 e. The number of H-pyrrole nitrogens is 1. The van der Waals surface area contributed by atoms with E-state index in [1.54, 1.807) is 30.3 Å². The topological polar surface area (TPSA) is 54.8 Å². The zero-order valence-electron chi connectivity index (χ0n) is 12.0. The number of nitrogens with zero attached hydrogens (tertiary/aromatic N) is 3. The number of hydrogen-bond donors (Lipinski definition) is 1. The molecule has 1 N–H and O–H groups in total. The Balaban J connectivity index is 2.15. The Hall–Kier alpha value is -2.73. The van der Waals surface area contributed by atoms with Gasteiger partial charge in [0.25, 0.3) is 0 Å². The standard InChI is InChI=1S/C16H10ClFN4O/c1-9-7-10-3-2-4-12(18)15(10)22-14(9)16(23)21(20-22)11-5-6-13(17)19-8-11/h2-8H,1H3/p+1. The lowest BCUT2D eigenvalue weighted by Crippen LogP contribution is -2.28. The van der Waals surface area contributed by atoms with Crippen molar-refractivity contribution in [1.29, 1.82) is 0 Å². The first-order valence-electron chi connectivity index (χ1n) is 6.93. The van der Waals surface area contributed by atoms with E-state index in [1.165, 1.54) is 21.5 Å². The van der Waals surface area contributed by atoms with Crippen LogP contribution in [0.15, 0.2) is 47.4 Å². The number of nitrogens with one attached hydrogen (secondary N) is 1. The molecule has 5 nitrogen and oxygen atoms in total. The Bertz CT molecular complexity index is 1120. The molecule has 0 saturated carbocycles. The predicted molar refractivity (Wildman–Crippen MR) is 84.6 cm³/mol. The minimum Gasteiger partial charge on any atom is -0.240 e. The third-order valence-electron chi connectivity index (χ3n) is 3.79. The maximum absolute atomic E-state index is 14.3. The van der Waals surface area contributed by atoms with E-state index in [9.17, 15) is 9.18 Å². The van der Waals surface area contributed by atoms with Crippen molar-refractivity contribution in [3.8, 4) is 5.69 Å². The van der Waals surface area contributed by atoms with E-state index in [4.69, 9.17) is 11.6 Å². The second kappa shape index (κ2) is 4.89. The molecule has 0 aliphatic carbocycles. The number of fused-ring (bicyclic) bond motifs is 3. The average Bonchev–Trinajstić information content (AvgIpc) is 2.86. The van der Waals surface area contributed by atoms with Gasteiger partial charge in [-0.05, 0) is 31.2 Å². The fourth-order valence-corrected chi connectivity index (χ4v) is 2.88. The number of rotatable bonds is 1. The van der Waals surface area contributed by atoms with Gasteiger partial charge in [-0.25, -0.2) is 14.2 Å². The minimum absolute atomic E-state index is 0.281. The van der Waals surface area contributed by atoms with E-state index in [0.29, 0.717) is 27.3 Å². The third kappa shape index (κ3) is 2.03. The van der Waals surface area contributed by atoms with Crippen LogP contribution in [0.3, 0.4) is 0 Å². The van der Waals surface area contributed by atoms with Gasteiger partial charge in [0, 0.05) is 10.9 Å². The number of aromatic nitrogens is 4. The van der Waals surface area contributed by atoms with Crippen molar-refractivity contribution >= 4 is 28.0 Å². The first kappa shape index (κ1) is 13.9. The number of pyridine rings is 2. The largest absolute Gasteiger partial charge is 0.406 e. The molecule has 7 heteroatoms. The summed E-state index contributed by atoms with van der Waals surface area (Å²) in [7, 11) is 0. The Kier molecular flexibility index (Phi) is 2.96. The number of para-hydroxylation sites is 1. The van der Waals surface area contributed by atoms with Gasteiger partial charge in [0.15, 0.2) is 17.0 Å². The summed E-state index contributed by atoms with van der Waals surface area (Å²) in [4.78, 5) is 16.7. The molecule has 0 aliphatic heterocycles. The monoisotopic (exact) mass is 329 g/mol. The Morgan fingerprint density at radius 2 is 2.09 bits per heavy atom. The van der Waals surface area contributed by atoms with Crippen LogP contribution in [-0.2, 0) is 0 Å². The van der Waals surface area contributed by atoms with E-state index in [0.717, 1.165) is 5.56 Å². The van der Waals surface area contributed by atoms with Crippen LogP contribution in [0, 0.1) is 12.7 Å². The third-order valence-corrected chi connectivity index (χ3v) is 4.01. The molecule has 4 aromatic rings. The SMILES string of the molecule is Cc1cc2cccc(F)c2[n+]2[nH]n(-c3ccc(Cl)nc3)c(=O)c12. The van der Waals surface area contributed by atoms with Crippen LogP contribution < -0.4 is 10.1 Å². The number of aryl methyl sites for hydroxylation is 1. The van der Waals surface area contributed by atoms with E-state index in [1.807, 2.05) is 6.92 Å². The molecule has 0 aliphatic rings. The normalized spacial score (nSPS) is 11.4. The lowest BCUT2D eigenvalue weighted by Gasteiger charge is -1.99. The summed E-state index contributed by atoms with van der Waals surface area (Å²) in [5.41, 5.74) is 1.71. The van der Waals surface area contributed by atoms with Crippen LogP contribution >= 0.6 is 11.6 Å². The van der Waals surface area contributed by atoms with Crippen LogP contribution in [0.2, 0.25) is 5.15 Å². The van der Waals surface area contributed by atoms with Crippen molar-refractivity contribution in [1.82, 2.24) is 14.9 Å². The molecule has 0 amide bonds. The summed E-state index contributed by atoms with van der Waals surface area (Å²) in [6.45, 7) is 1.82. The van der Waals surface area contributed by atoms with Crippen LogP contribution in [0.4, 0.5) is 4.39 Å². The first-order chi connectivity index (χ1) is 11.1. The fourth-order valence-electron chi connectivity index (χ4n) is 2.77. The molecule has 3 aromatic heterocycles. The van der Waals surface area contributed by atoms with Crippen LogP contribution in [0.25, 0.3) is 22.1 Å². The summed E-state index contributed by atoms with van der Waals surface area (Å²) >= 11 is 5.78. The lowest BCUT2D eigenvalue weighted by atomic mass is 10.1. The number of halogens is 2. The predicted octanol–water partition coefficient (Wildman–Crippen LogP) is 2.55. The minimum atomic E-state index is -0.403. The second-order valence-corrected chi connectivity index (χ2v) is 5.66. The second-order valence-electron chi connectivity index (χ2n) is 5.27. The van der Waals surface area contributed by atoms with Crippen molar-refractivity contribution in [2.45, 2.75) is 6.92 Å². The summed E-state index contributed by atoms with van der Waals surface area (Å²) in [5.74, 6) is -0.403. The summed E-state index contributed by atoms with van der Waals surface area (Å²) in [6.07, 6.45) is 1.48. The number of benzene rings is 1. The van der Waals surface area contributed by atoms with Gasteiger partial charge in [0.2, 0.25) is 5.52 Å². The van der Waals surface area contributed by atoms with Crippen molar-refractivity contribution in [3.63, 3.8) is 0 Å². The maximum atomic E-state index is 14.3. The van der Waals surface area contributed by atoms with Gasteiger partial charge in [0.05, 0.1) is 6.20 Å². The molecule has 23 heavy (non-hydrogen) atoms. The van der Waals surface area contributed by atoms with Crippen molar-refractivity contribution in [2.24, 2.45) is 0 Å². The summed E-state index contributed by atoms with van der Waals surface area (Å²) in [6, 6.07) is 9.86. The molecule has 0 atom stereocenters. The van der Waals surface area contributed by atoms with Gasteiger partial charge in [-0.3, -0.25) is 0 Å². The van der Waals surface area contributed by atoms with E-state index in [2.05, 4.69) is 10.2 Å². The molecule has 0 fully saturated rings. The molecule has 1 aromatic carbocycles. The van der Waals surface area contributed by atoms with E-state index < -0.39 is 5.82 Å². The first-order valence-corrected chi connectivity index (χ1v) is 7.30. The lowest BCUT2D eigenvalue weighted by molar-refractivity contribution is -0.557. The zero-order chi connectivity index (χ0) is 16.1. The van der Waals surface area contributed by atoms with E-state index >= 15 is 0 Å². The Labute approximate surface area is 134 Å². The van der Waals surface area contributed by atoms with Crippen LogP contribution in [0.1, 0.15) is 5.56 Å². The molecule has 114 valence electrons. The van der Waals surface area contributed by atoms with E-state index in [-0.39, 0.29) is 5.56 Å². The smallest absolute Gasteiger partial charge is 0.240 e. The molecule has 0 bridgehead atoms. The molecule has 4 rings (SSSR count). The van der Waals surface area contributed by atoms with Crippen molar-refractivity contribution in [2.75, 3.05) is 0 Å². The highest BCUT2D eigenvalue weighted by atomic mass is 35.5. The molecule has 0 radical (unpaired) electrons. The van der Waals surface area contributed by atoms with Crippen LogP contribution in [0.5, 0.6) is 0 Å². The molecule has 0 unspecified atom stereocenters. The molecular formula is C16H11ClFN4O+. The van der Waals surface area contributed by atoms with Gasteiger partial charge >= 0.3 is 5.56 Å². The van der Waals surface area contributed by atoms with Gasteiger partial charge in [-0.2, -0.15) is 0 Å². The Morgan fingerprint density at radius 3 is 2.83 bits per heavy atom. The zero-order valence-corrected chi connectivity index (χ0v) is 12.8. The number of hydrogen-bond acceptors (Lipinski definition) is 2. The molecular weight excluding hydrogens is 319 g/mol. The summed E-state index contributed by atoms with van der Waals surface area (Å²) in [5, 5.41) is 3.96. The van der Waals surface area contributed by atoms with Gasteiger partial charge < -0.3 is 0 Å². The summed E-state index contributed by atoms with van der Waals surface area (Å²) < 4.78 is 17.0. The number of aromatic amines is 1. The molecule has 3 heterocycles. The average molecular weight is 330 g/mol. The molecule has 0 saturated heterocycles. The van der Waals surface area contributed by atoms with Gasteiger partial charge in [-0.15, -0.1) is 4.52 Å². The van der Waals surface area contributed by atoms with Gasteiger partial charge in [0.1, 0.15) is 5.15 Å². The van der Waals surface area contributed by atoms with Crippen molar-refractivity contribution in [3.05, 3.63) is 69.5 Å². The Morgan fingerprint density at radius 1 is 1.26 bits per heavy atom. The molecule has 0 spiro atoms. The van der Waals surface area contributed by atoms with Crippen molar-refractivity contribution < 1.29 is 8.91 Å². The highest BCUT2D eigenvalue weighted by molar-refractivity contribution is 6.29. The quantitative estimate of drug-likeness (QED) is 0.431.